The Morgan fingerprint density at radius 2 is 1.67 bits per heavy atom. The molecular formula is C33H35N7O2. The van der Waals surface area contributed by atoms with E-state index in [0.29, 0.717) is 12.2 Å². The van der Waals surface area contributed by atoms with Crippen molar-refractivity contribution in [2.24, 2.45) is 0 Å². The molecule has 0 amide bonds. The van der Waals surface area contributed by atoms with E-state index < -0.39 is 6.04 Å². The smallest absolute Gasteiger partial charge is 0.331 e. The van der Waals surface area contributed by atoms with E-state index in [1.807, 2.05) is 48.7 Å². The Morgan fingerprint density at radius 1 is 0.952 bits per heavy atom. The Hall–Kier alpha value is -4.60. The van der Waals surface area contributed by atoms with Crippen LogP contribution < -0.4 is 0 Å². The van der Waals surface area contributed by atoms with E-state index in [-0.39, 0.29) is 12.0 Å². The van der Waals surface area contributed by atoms with Gasteiger partial charge in [0.05, 0.1) is 13.2 Å². The molecule has 3 aromatic carbocycles. The number of fused-ring (bicyclic) bond motifs is 1. The summed E-state index contributed by atoms with van der Waals surface area (Å²) >= 11 is 0. The van der Waals surface area contributed by atoms with Crippen molar-refractivity contribution in [2.75, 3.05) is 39.8 Å². The van der Waals surface area contributed by atoms with Crippen LogP contribution in [-0.4, -0.2) is 80.8 Å². The van der Waals surface area contributed by atoms with Crippen molar-refractivity contribution in [1.29, 1.82) is 0 Å². The van der Waals surface area contributed by atoms with Crippen molar-refractivity contribution < 1.29 is 9.53 Å². The predicted molar refractivity (Wildman–Crippen MR) is 163 cm³/mol. The van der Waals surface area contributed by atoms with Gasteiger partial charge >= 0.3 is 5.97 Å². The molecule has 1 aliphatic rings. The number of hydrogen-bond donors (Lipinski definition) is 1. The van der Waals surface area contributed by atoms with E-state index >= 15 is 0 Å². The molecule has 2 unspecified atom stereocenters. The summed E-state index contributed by atoms with van der Waals surface area (Å²) in [5, 5.41) is 14.0. The van der Waals surface area contributed by atoms with Crippen LogP contribution in [0.3, 0.4) is 0 Å². The Labute approximate surface area is 245 Å². The van der Waals surface area contributed by atoms with Gasteiger partial charge in [0.25, 0.3) is 0 Å². The van der Waals surface area contributed by atoms with Gasteiger partial charge in [0.15, 0.2) is 11.9 Å². The summed E-state index contributed by atoms with van der Waals surface area (Å²) in [5.41, 5.74) is 4.32. The van der Waals surface area contributed by atoms with Crippen LogP contribution in [0.5, 0.6) is 0 Å². The molecule has 2 atom stereocenters. The highest BCUT2D eigenvalue weighted by atomic mass is 16.5. The third kappa shape index (κ3) is 6.02. The number of carbonyl (C=O) groups is 1. The third-order valence-corrected chi connectivity index (χ3v) is 7.98. The number of nitrogens with one attached hydrogen (secondary N) is 1. The summed E-state index contributed by atoms with van der Waals surface area (Å²) in [4.78, 5) is 21.4. The molecule has 0 aliphatic carbocycles. The fourth-order valence-electron chi connectivity index (χ4n) is 5.78. The summed E-state index contributed by atoms with van der Waals surface area (Å²) in [5.74, 6) is 0.254. The van der Waals surface area contributed by atoms with Crippen molar-refractivity contribution in [3.63, 3.8) is 0 Å². The fourth-order valence-corrected chi connectivity index (χ4v) is 5.78. The highest BCUT2D eigenvalue weighted by molar-refractivity contribution is 5.84. The molecule has 0 bridgehead atoms. The zero-order valence-electron chi connectivity index (χ0n) is 23.7. The fraction of sp³-hybridized carbons (Fsp3) is 0.273. The second kappa shape index (κ2) is 12.9. The number of H-pyrrole nitrogens is 1. The van der Waals surface area contributed by atoms with Crippen molar-refractivity contribution >= 4 is 22.9 Å². The quantitative estimate of drug-likeness (QED) is 0.251. The van der Waals surface area contributed by atoms with Crippen LogP contribution in [0.25, 0.3) is 17.0 Å². The summed E-state index contributed by atoms with van der Waals surface area (Å²) in [6, 6.07) is 27.8. The van der Waals surface area contributed by atoms with Gasteiger partial charge in [0.1, 0.15) is 0 Å². The maximum atomic E-state index is 13.2. The summed E-state index contributed by atoms with van der Waals surface area (Å²) in [6.07, 6.45) is 6.75. The first-order chi connectivity index (χ1) is 20.7. The van der Waals surface area contributed by atoms with E-state index in [9.17, 15) is 4.79 Å². The van der Waals surface area contributed by atoms with E-state index in [1.165, 1.54) is 12.7 Å². The summed E-state index contributed by atoms with van der Waals surface area (Å²) < 4.78 is 6.94. The number of aromatic nitrogens is 5. The Morgan fingerprint density at radius 3 is 2.43 bits per heavy atom. The first-order valence-corrected chi connectivity index (χ1v) is 14.3. The van der Waals surface area contributed by atoms with Crippen LogP contribution >= 0.6 is 0 Å². The van der Waals surface area contributed by atoms with Gasteiger partial charge in [-0.1, -0.05) is 91.0 Å². The summed E-state index contributed by atoms with van der Waals surface area (Å²) in [6.45, 7) is 4.42. The van der Waals surface area contributed by atoms with Crippen LogP contribution in [0.1, 0.15) is 34.6 Å². The van der Waals surface area contributed by atoms with Gasteiger partial charge in [-0.25, -0.2) is 9.48 Å². The molecule has 0 spiro atoms. The SMILES string of the molecule is COC(=O)C(Cc1c[nH]c2ccccc12)n1nnnc1C(c1ccccc1)N1CCN(C/C=C/c2ccccc2)CC1. The maximum Gasteiger partial charge on any atom is 0.331 e. The lowest BCUT2D eigenvalue weighted by Crippen LogP contribution is -2.48. The highest BCUT2D eigenvalue weighted by Crippen LogP contribution is 2.31. The number of hydrogen-bond acceptors (Lipinski definition) is 7. The van der Waals surface area contributed by atoms with E-state index in [1.54, 1.807) is 4.68 Å². The molecule has 1 N–H and O–H groups in total. The second-order valence-corrected chi connectivity index (χ2v) is 10.5. The zero-order valence-corrected chi connectivity index (χ0v) is 23.7. The minimum atomic E-state index is -0.713. The number of piperazine rings is 1. The van der Waals surface area contributed by atoms with Crippen molar-refractivity contribution in [2.45, 2.75) is 18.5 Å². The molecule has 1 saturated heterocycles. The van der Waals surface area contributed by atoms with Gasteiger partial charge in [-0.3, -0.25) is 9.80 Å². The molecule has 5 aromatic rings. The Kier molecular flexibility index (Phi) is 8.48. The number of aromatic amines is 1. The topological polar surface area (TPSA) is 92.2 Å². The molecule has 214 valence electrons. The molecule has 1 fully saturated rings. The molecule has 9 heteroatoms. The molecule has 42 heavy (non-hydrogen) atoms. The number of ether oxygens (including phenoxy) is 1. The van der Waals surface area contributed by atoms with Crippen molar-refractivity contribution in [3.8, 4) is 0 Å². The lowest BCUT2D eigenvalue weighted by molar-refractivity contribution is -0.145. The lowest BCUT2D eigenvalue weighted by Gasteiger charge is -2.38. The van der Waals surface area contributed by atoms with Crippen molar-refractivity contribution in [3.05, 3.63) is 120 Å². The molecule has 6 rings (SSSR count). The van der Waals surface area contributed by atoms with E-state index in [0.717, 1.165) is 54.8 Å². The number of nitrogens with zero attached hydrogens (tertiary/aromatic N) is 6. The average molecular weight is 562 g/mol. The molecule has 0 saturated carbocycles. The second-order valence-electron chi connectivity index (χ2n) is 10.5. The number of benzene rings is 3. The number of esters is 1. The number of tetrazole rings is 1. The lowest BCUT2D eigenvalue weighted by atomic mass is 10.0. The van der Waals surface area contributed by atoms with E-state index in [4.69, 9.17) is 4.74 Å². The monoisotopic (exact) mass is 561 g/mol. The van der Waals surface area contributed by atoms with Crippen LogP contribution in [-0.2, 0) is 16.0 Å². The number of methoxy groups -OCH3 is 1. The highest BCUT2D eigenvalue weighted by Gasteiger charge is 2.35. The van der Waals surface area contributed by atoms with Crippen molar-refractivity contribution in [1.82, 2.24) is 35.0 Å². The third-order valence-electron chi connectivity index (χ3n) is 7.98. The largest absolute Gasteiger partial charge is 0.467 e. The molecule has 3 heterocycles. The molecule has 2 aromatic heterocycles. The van der Waals surface area contributed by atoms with Gasteiger partial charge < -0.3 is 9.72 Å². The summed E-state index contributed by atoms with van der Waals surface area (Å²) in [7, 11) is 1.41. The molecular weight excluding hydrogens is 526 g/mol. The average Bonchev–Trinajstić information content (AvgIpc) is 3.69. The first kappa shape index (κ1) is 27.6. The van der Waals surface area contributed by atoms with Crippen LogP contribution in [0.4, 0.5) is 0 Å². The van der Waals surface area contributed by atoms with Crippen LogP contribution in [0, 0.1) is 0 Å². The normalized spacial score (nSPS) is 16.1. The first-order valence-electron chi connectivity index (χ1n) is 14.3. The van der Waals surface area contributed by atoms with Crippen LogP contribution in [0.2, 0.25) is 0 Å². The predicted octanol–water partition coefficient (Wildman–Crippen LogP) is 4.53. The minimum absolute atomic E-state index is 0.210. The standard InChI is InChI=1S/C33H35N7O2/c1-42-33(41)30(23-27-24-34-29-17-9-8-16-28(27)29)40-32(35-36-37-40)31(26-14-6-3-7-15-26)39-21-19-38(20-22-39)18-10-13-25-11-4-2-5-12-25/h2-17,24,30-31,34H,18-23H2,1H3/b13-10+. The van der Waals surface area contributed by atoms with Gasteiger partial charge in [-0.05, 0) is 33.2 Å². The number of para-hydroxylation sites is 1. The molecule has 9 nitrogen and oxygen atoms in total. The zero-order chi connectivity index (χ0) is 28.7. The Bertz CT molecular complexity index is 1620. The van der Waals surface area contributed by atoms with E-state index in [2.05, 4.69) is 84.9 Å². The minimum Gasteiger partial charge on any atom is -0.467 e. The molecule has 0 radical (unpaired) electrons. The van der Waals surface area contributed by atoms with Gasteiger partial charge in [-0.2, -0.15) is 0 Å². The van der Waals surface area contributed by atoms with Gasteiger partial charge in [-0.15, -0.1) is 5.10 Å². The maximum absolute atomic E-state index is 13.2. The number of rotatable bonds is 10. The van der Waals surface area contributed by atoms with Gasteiger partial charge in [0, 0.05) is 56.2 Å². The van der Waals surface area contributed by atoms with Crippen LogP contribution in [0.15, 0.2) is 97.2 Å². The Balaban J connectivity index is 1.25. The van der Waals surface area contributed by atoms with Gasteiger partial charge in [0.2, 0.25) is 0 Å². The number of carbonyl (C=O) groups excluding carboxylic acids is 1. The molecule has 1 aliphatic heterocycles.